The first kappa shape index (κ1) is 7.54. The first-order valence-corrected chi connectivity index (χ1v) is 3.26. The van der Waals surface area contributed by atoms with Crippen LogP contribution in [0.1, 0.15) is 5.56 Å². The minimum atomic E-state index is 0.693. The summed E-state index contributed by atoms with van der Waals surface area (Å²) in [6, 6.07) is 5.45. The van der Waals surface area contributed by atoms with Gasteiger partial charge in [0, 0.05) is 5.69 Å². The Labute approximate surface area is 66.1 Å². The Morgan fingerprint density at radius 3 is 2.73 bits per heavy atom. The Morgan fingerprint density at radius 2 is 2.18 bits per heavy atom. The number of benzene rings is 1. The molecule has 0 saturated carbocycles. The van der Waals surface area contributed by atoms with Crippen molar-refractivity contribution in [2.75, 3.05) is 5.73 Å². The van der Waals surface area contributed by atoms with E-state index in [1.54, 1.807) is 12.1 Å². The van der Waals surface area contributed by atoms with Gasteiger partial charge in [0.25, 0.3) is 0 Å². The van der Waals surface area contributed by atoms with E-state index < -0.39 is 0 Å². The molecule has 2 nitrogen and oxygen atoms in total. The van der Waals surface area contributed by atoms with Gasteiger partial charge in [-0.3, -0.25) is 4.99 Å². The monoisotopic (exact) mass is 146 g/mol. The Hall–Kier alpha value is -1.57. The molecule has 0 radical (unpaired) electrons. The maximum atomic E-state index is 5.54. The fourth-order valence-corrected chi connectivity index (χ4v) is 0.870. The molecule has 0 amide bonds. The zero-order valence-electron chi connectivity index (χ0n) is 6.25. The smallest absolute Gasteiger partial charge is 0.0714 e. The minimum Gasteiger partial charge on any atom is -0.399 e. The van der Waals surface area contributed by atoms with E-state index in [0.29, 0.717) is 5.69 Å². The second-order valence-electron chi connectivity index (χ2n) is 2.18. The molecule has 0 spiro atoms. The molecule has 0 aliphatic rings. The van der Waals surface area contributed by atoms with Crippen LogP contribution in [-0.2, 0) is 0 Å². The highest BCUT2D eigenvalue weighted by Crippen LogP contribution is 2.22. The SMILES string of the molecule is C=Cc1ccc(N)cc1N=C. The van der Waals surface area contributed by atoms with Gasteiger partial charge in [0.1, 0.15) is 0 Å². The van der Waals surface area contributed by atoms with E-state index in [-0.39, 0.29) is 0 Å². The summed E-state index contributed by atoms with van der Waals surface area (Å²) in [6.07, 6.45) is 1.73. The molecule has 0 aliphatic carbocycles. The highest BCUT2D eigenvalue weighted by atomic mass is 14.7. The van der Waals surface area contributed by atoms with Crippen molar-refractivity contribution in [2.45, 2.75) is 0 Å². The van der Waals surface area contributed by atoms with E-state index >= 15 is 0 Å². The van der Waals surface area contributed by atoms with Crippen LogP contribution in [0.2, 0.25) is 0 Å². The maximum absolute atomic E-state index is 5.54. The van der Waals surface area contributed by atoms with Crippen molar-refractivity contribution >= 4 is 24.2 Å². The van der Waals surface area contributed by atoms with Gasteiger partial charge in [0.15, 0.2) is 0 Å². The topological polar surface area (TPSA) is 38.4 Å². The van der Waals surface area contributed by atoms with Gasteiger partial charge in [0.2, 0.25) is 0 Å². The summed E-state index contributed by atoms with van der Waals surface area (Å²) in [5, 5.41) is 0. The van der Waals surface area contributed by atoms with E-state index in [0.717, 1.165) is 11.3 Å². The summed E-state index contributed by atoms with van der Waals surface area (Å²) in [4.78, 5) is 3.80. The van der Waals surface area contributed by atoms with Crippen molar-refractivity contribution in [3.63, 3.8) is 0 Å². The van der Waals surface area contributed by atoms with Crippen molar-refractivity contribution < 1.29 is 0 Å². The Balaban J connectivity index is 3.26. The summed E-state index contributed by atoms with van der Waals surface area (Å²) >= 11 is 0. The molecule has 1 rings (SSSR count). The molecular formula is C9H10N2. The van der Waals surface area contributed by atoms with E-state index in [1.165, 1.54) is 0 Å². The lowest BCUT2D eigenvalue weighted by molar-refractivity contribution is 1.52. The highest BCUT2D eigenvalue weighted by molar-refractivity contribution is 5.68. The van der Waals surface area contributed by atoms with Gasteiger partial charge in [-0.05, 0) is 24.4 Å². The number of nitrogens with two attached hydrogens (primary N) is 1. The molecule has 0 bridgehead atoms. The lowest BCUT2D eigenvalue weighted by Gasteiger charge is -1.99. The third kappa shape index (κ3) is 1.46. The predicted octanol–water partition coefficient (Wildman–Crippen LogP) is 2.24. The second-order valence-corrected chi connectivity index (χ2v) is 2.18. The molecule has 0 heterocycles. The van der Waals surface area contributed by atoms with Gasteiger partial charge in [0.05, 0.1) is 5.69 Å². The molecule has 0 aromatic heterocycles. The zero-order chi connectivity index (χ0) is 8.27. The van der Waals surface area contributed by atoms with Crippen LogP contribution in [0, 0.1) is 0 Å². The molecule has 2 N–H and O–H groups in total. The largest absolute Gasteiger partial charge is 0.399 e. The van der Waals surface area contributed by atoms with Crippen molar-refractivity contribution in [3.05, 3.63) is 30.3 Å². The first-order chi connectivity index (χ1) is 5.27. The number of hydrogen-bond acceptors (Lipinski definition) is 2. The number of nitrogen functional groups attached to an aromatic ring is 1. The fraction of sp³-hybridized carbons (Fsp3) is 0. The molecule has 2 heteroatoms. The molecular weight excluding hydrogens is 136 g/mol. The van der Waals surface area contributed by atoms with Crippen LogP contribution < -0.4 is 5.73 Å². The van der Waals surface area contributed by atoms with Crippen molar-refractivity contribution in [2.24, 2.45) is 4.99 Å². The standard InChI is InChI=1S/C9H10N2/c1-3-7-4-5-8(10)6-9(7)11-2/h3-6H,1-2,10H2. The first-order valence-electron chi connectivity index (χ1n) is 3.26. The quantitative estimate of drug-likeness (QED) is 0.504. The van der Waals surface area contributed by atoms with Crippen molar-refractivity contribution in [1.82, 2.24) is 0 Å². The summed E-state index contributed by atoms with van der Waals surface area (Å²) in [5.74, 6) is 0. The van der Waals surface area contributed by atoms with Crippen LogP contribution in [0.3, 0.4) is 0 Å². The van der Waals surface area contributed by atoms with Crippen molar-refractivity contribution in [3.8, 4) is 0 Å². The van der Waals surface area contributed by atoms with Crippen LogP contribution in [0.25, 0.3) is 6.08 Å². The Kier molecular flexibility index (Phi) is 2.06. The predicted molar refractivity (Wildman–Crippen MR) is 50.2 cm³/mol. The summed E-state index contributed by atoms with van der Waals surface area (Å²) in [5.41, 5.74) is 7.96. The van der Waals surface area contributed by atoms with E-state index in [4.69, 9.17) is 5.73 Å². The van der Waals surface area contributed by atoms with Crippen LogP contribution in [0.5, 0.6) is 0 Å². The van der Waals surface area contributed by atoms with Gasteiger partial charge < -0.3 is 5.73 Å². The maximum Gasteiger partial charge on any atom is 0.0714 e. The van der Waals surface area contributed by atoms with Crippen LogP contribution in [0.4, 0.5) is 11.4 Å². The van der Waals surface area contributed by atoms with Gasteiger partial charge in [-0.1, -0.05) is 18.7 Å². The summed E-state index contributed by atoms with van der Waals surface area (Å²) in [7, 11) is 0. The molecule has 11 heavy (non-hydrogen) atoms. The second kappa shape index (κ2) is 3.01. The molecule has 0 unspecified atom stereocenters. The summed E-state index contributed by atoms with van der Waals surface area (Å²) in [6.45, 7) is 7.07. The molecule has 0 aliphatic heterocycles. The molecule has 0 saturated heterocycles. The lowest BCUT2D eigenvalue weighted by atomic mass is 10.1. The number of rotatable bonds is 2. The van der Waals surface area contributed by atoms with Crippen LogP contribution >= 0.6 is 0 Å². The number of nitrogens with zero attached hydrogens (tertiary/aromatic N) is 1. The normalized spacial score (nSPS) is 9.09. The molecule has 1 aromatic carbocycles. The Morgan fingerprint density at radius 1 is 1.45 bits per heavy atom. The summed E-state index contributed by atoms with van der Waals surface area (Å²) < 4.78 is 0. The van der Waals surface area contributed by atoms with Crippen molar-refractivity contribution in [1.29, 1.82) is 0 Å². The average Bonchev–Trinajstić information content (AvgIpc) is 2.04. The van der Waals surface area contributed by atoms with Gasteiger partial charge in [-0.25, -0.2) is 0 Å². The number of aliphatic imine (C=N–C) groups is 1. The molecule has 1 aromatic rings. The van der Waals surface area contributed by atoms with E-state index in [1.807, 2.05) is 12.1 Å². The minimum absolute atomic E-state index is 0.693. The third-order valence-electron chi connectivity index (χ3n) is 1.44. The number of hydrogen-bond donors (Lipinski definition) is 1. The number of anilines is 1. The van der Waals surface area contributed by atoms with E-state index in [2.05, 4.69) is 18.3 Å². The molecule has 0 fully saturated rings. The fourth-order valence-electron chi connectivity index (χ4n) is 0.870. The van der Waals surface area contributed by atoms with Gasteiger partial charge in [-0.2, -0.15) is 0 Å². The zero-order valence-corrected chi connectivity index (χ0v) is 6.25. The van der Waals surface area contributed by atoms with Crippen LogP contribution in [0.15, 0.2) is 29.8 Å². The third-order valence-corrected chi connectivity index (χ3v) is 1.44. The lowest BCUT2D eigenvalue weighted by Crippen LogP contribution is -1.83. The van der Waals surface area contributed by atoms with E-state index in [9.17, 15) is 0 Å². The molecule has 0 atom stereocenters. The highest BCUT2D eigenvalue weighted by Gasteiger charge is 1.95. The van der Waals surface area contributed by atoms with Gasteiger partial charge in [-0.15, -0.1) is 0 Å². The molecule has 56 valence electrons. The Bertz CT molecular complexity index is 290. The van der Waals surface area contributed by atoms with Gasteiger partial charge >= 0.3 is 0 Å². The average molecular weight is 146 g/mol. The van der Waals surface area contributed by atoms with Crippen LogP contribution in [-0.4, -0.2) is 6.72 Å².